The van der Waals surface area contributed by atoms with Crippen LogP contribution < -0.4 is 16.4 Å². The predicted octanol–water partition coefficient (Wildman–Crippen LogP) is -0.359. The Balaban J connectivity index is 2.41. The van der Waals surface area contributed by atoms with E-state index in [4.69, 9.17) is 15.6 Å². The number of nitrogens with two attached hydrogens (primary N) is 1. The number of aryl methyl sites for hydroxylation is 1. The molecule has 0 heterocycles. The third-order valence-corrected chi connectivity index (χ3v) is 2.43. The molecule has 0 aliphatic rings. The number of anilines is 2. The van der Waals surface area contributed by atoms with Crippen molar-refractivity contribution in [2.75, 3.05) is 37.4 Å². The lowest BCUT2D eigenvalue weighted by atomic mass is 10.2. The number of nitrogen functional groups attached to an aromatic ring is 1. The van der Waals surface area contributed by atoms with E-state index in [-0.39, 0.29) is 26.4 Å². The zero-order valence-electron chi connectivity index (χ0n) is 11.3. The smallest absolute Gasteiger partial charge is 0.313 e. The molecule has 0 atom stereocenters. The molecule has 0 saturated carbocycles. The van der Waals surface area contributed by atoms with E-state index in [1.54, 1.807) is 12.1 Å². The third kappa shape index (κ3) is 5.25. The number of nitrogens with one attached hydrogen (secondary N) is 2. The van der Waals surface area contributed by atoms with Gasteiger partial charge in [0.25, 0.3) is 0 Å². The van der Waals surface area contributed by atoms with Gasteiger partial charge in [-0.25, -0.2) is 0 Å². The first-order chi connectivity index (χ1) is 9.54. The molecule has 0 aliphatic heterocycles. The van der Waals surface area contributed by atoms with Crippen LogP contribution in [0.4, 0.5) is 11.4 Å². The van der Waals surface area contributed by atoms with E-state index < -0.39 is 11.8 Å². The van der Waals surface area contributed by atoms with Crippen molar-refractivity contribution in [3.8, 4) is 0 Å². The van der Waals surface area contributed by atoms with Crippen LogP contribution in [-0.2, 0) is 14.3 Å². The van der Waals surface area contributed by atoms with E-state index in [0.717, 1.165) is 5.56 Å². The molecule has 0 bridgehead atoms. The van der Waals surface area contributed by atoms with Crippen molar-refractivity contribution >= 4 is 23.2 Å². The topological polar surface area (TPSA) is 114 Å². The maximum absolute atomic E-state index is 11.6. The van der Waals surface area contributed by atoms with Crippen molar-refractivity contribution in [1.29, 1.82) is 0 Å². The summed E-state index contributed by atoms with van der Waals surface area (Å²) in [6, 6.07) is 5.15. The van der Waals surface area contributed by atoms with Gasteiger partial charge in [0.1, 0.15) is 0 Å². The average Bonchev–Trinajstić information content (AvgIpc) is 2.42. The van der Waals surface area contributed by atoms with Crippen LogP contribution in [-0.4, -0.2) is 43.3 Å². The molecule has 0 saturated heterocycles. The molecule has 1 aromatic carbocycles. The van der Waals surface area contributed by atoms with Gasteiger partial charge in [-0.05, 0) is 24.6 Å². The fraction of sp³-hybridized carbons (Fsp3) is 0.385. The van der Waals surface area contributed by atoms with Crippen LogP contribution in [0.1, 0.15) is 5.56 Å². The molecule has 2 amide bonds. The number of carbonyl (C=O) groups is 2. The van der Waals surface area contributed by atoms with Gasteiger partial charge < -0.3 is 26.2 Å². The van der Waals surface area contributed by atoms with Crippen LogP contribution in [0.25, 0.3) is 0 Å². The number of ether oxygens (including phenoxy) is 1. The predicted molar refractivity (Wildman–Crippen MR) is 75.1 cm³/mol. The molecule has 0 spiro atoms. The van der Waals surface area contributed by atoms with Gasteiger partial charge in [-0.15, -0.1) is 0 Å². The zero-order valence-corrected chi connectivity index (χ0v) is 11.3. The largest absolute Gasteiger partial charge is 0.397 e. The van der Waals surface area contributed by atoms with Gasteiger partial charge in [-0.1, -0.05) is 6.07 Å². The van der Waals surface area contributed by atoms with Gasteiger partial charge in [0.2, 0.25) is 0 Å². The lowest BCUT2D eigenvalue weighted by molar-refractivity contribution is -0.136. The fourth-order valence-electron chi connectivity index (χ4n) is 1.44. The second-order valence-corrected chi connectivity index (χ2v) is 4.14. The van der Waals surface area contributed by atoms with Crippen molar-refractivity contribution in [3.63, 3.8) is 0 Å². The quantitative estimate of drug-likeness (QED) is 0.323. The average molecular weight is 281 g/mol. The normalized spacial score (nSPS) is 10.1. The van der Waals surface area contributed by atoms with Gasteiger partial charge in [-0.2, -0.15) is 0 Å². The number of aliphatic hydroxyl groups is 1. The van der Waals surface area contributed by atoms with Crippen LogP contribution in [0.15, 0.2) is 18.2 Å². The summed E-state index contributed by atoms with van der Waals surface area (Å²) in [6.07, 6.45) is 0. The van der Waals surface area contributed by atoms with Crippen LogP contribution >= 0.6 is 0 Å². The number of rotatable bonds is 6. The number of hydrogen-bond donors (Lipinski definition) is 4. The highest BCUT2D eigenvalue weighted by Gasteiger charge is 2.14. The second kappa shape index (κ2) is 8.13. The Labute approximate surface area is 117 Å². The first-order valence-electron chi connectivity index (χ1n) is 6.18. The molecular formula is C13H19N3O4. The second-order valence-electron chi connectivity index (χ2n) is 4.14. The van der Waals surface area contributed by atoms with Crippen LogP contribution in [0, 0.1) is 6.92 Å². The summed E-state index contributed by atoms with van der Waals surface area (Å²) < 4.78 is 4.95. The summed E-state index contributed by atoms with van der Waals surface area (Å²) in [5.41, 5.74) is 7.42. The number of benzene rings is 1. The minimum Gasteiger partial charge on any atom is -0.397 e. The molecule has 1 rings (SSSR count). The summed E-state index contributed by atoms with van der Waals surface area (Å²) >= 11 is 0. The number of hydrogen-bond acceptors (Lipinski definition) is 5. The van der Waals surface area contributed by atoms with Gasteiger partial charge in [0.05, 0.1) is 31.2 Å². The van der Waals surface area contributed by atoms with Gasteiger partial charge in [0, 0.05) is 6.54 Å². The third-order valence-electron chi connectivity index (χ3n) is 2.43. The van der Waals surface area contributed by atoms with Gasteiger partial charge in [0.15, 0.2) is 0 Å². The van der Waals surface area contributed by atoms with Crippen LogP contribution in [0.3, 0.4) is 0 Å². The van der Waals surface area contributed by atoms with Crippen LogP contribution in [0.2, 0.25) is 0 Å². The lowest BCUT2D eigenvalue weighted by Gasteiger charge is -2.09. The molecule has 7 heteroatoms. The van der Waals surface area contributed by atoms with Crippen molar-refractivity contribution < 1.29 is 19.4 Å². The maximum atomic E-state index is 11.6. The Morgan fingerprint density at radius 3 is 2.75 bits per heavy atom. The first-order valence-corrected chi connectivity index (χ1v) is 6.18. The fourth-order valence-corrected chi connectivity index (χ4v) is 1.44. The molecule has 20 heavy (non-hydrogen) atoms. The minimum atomic E-state index is -0.788. The standard InChI is InChI=1S/C13H19N3O4/c1-9-2-3-10(14)11(8-9)16-13(19)12(18)15-4-6-20-7-5-17/h2-3,8,17H,4-7,14H2,1H3,(H,15,18)(H,16,19). The molecule has 1 aromatic rings. The highest BCUT2D eigenvalue weighted by atomic mass is 16.5. The molecule has 5 N–H and O–H groups in total. The van der Waals surface area contributed by atoms with Crippen molar-refractivity contribution in [2.45, 2.75) is 6.92 Å². The van der Waals surface area contributed by atoms with E-state index in [1.165, 1.54) is 0 Å². The molecule has 110 valence electrons. The van der Waals surface area contributed by atoms with E-state index in [0.29, 0.717) is 11.4 Å². The SMILES string of the molecule is Cc1ccc(N)c(NC(=O)C(=O)NCCOCCO)c1. The minimum absolute atomic E-state index is 0.0823. The maximum Gasteiger partial charge on any atom is 0.313 e. The molecule has 0 aliphatic carbocycles. The zero-order chi connectivity index (χ0) is 15.0. The molecular weight excluding hydrogens is 262 g/mol. The Kier molecular flexibility index (Phi) is 6.48. The Bertz CT molecular complexity index is 477. The molecule has 0 unspecified atom stereocenters. The van der Waals surface area contributed by atoms with Crippen molar-refractivity contribution in [2.24, 2.45) is 0 Å². The highest BCUT2D eigenvalue weighted by Crippen LogP contribution is 2.19. The van der Waals surface area contributed by atoms with E-state index in [1.807, 2.05) is 13.0 Å². The number of aliphatic hydroxyl groups excluding tert-OH is 1. The van der Waals surface area contributed by atoms with E-state index >= 15 is 0 Å². The van der Waals surface area contributed by atoms with E-state index in [2.05, 4.69) is 10.6 Å². The summed E-state index contributed by atoms with van der Waals surface area (Å²) in [7, 11) is 0. The Hall–Kier alpha value is -2.12. The summed E-state index contributed by atoms with van der Waals surface area (Å²) in [4.78, 5) is 23.1. The van der Waals surface area contributed by atoms with E-state index in [9.17, 15) is 9.59 Å². The molecule has 0 fully saturated rings. The number of amides is 2. The first kappa shape index (κ1) is 15.9. The summed E-state index contributed by atoms with van der Waals surface area (Å²) in [6.45, 7) is 2.39. The molecule has 7 nitrogen and oxygen atoms in total. The molecule has 0 aromatic heterocycles. The van der Waals surface area contributed by atoms with Crippen LogP contribution in [0.5, 0.6) is 0 Å². The lowest BCUT2D eigenvalue weighted by Crippen LogP contribution is -2.37. The Morgan fingerprint density at radius 2 is 2.05 bits per heavy atom. The number of carbonyl (C=O) groups excluding carboxylic acids is 2. The Morgan fingerprint density at radius 1 is 1.30 bits per heavy atom. The van der Waals surface area contributed by atoms with Gasteiger partial charge in [-0.3, -0.25) is 9.59 Å². The van der Waals surface area contributed by atoms with Crippen molar-refractivity contribution in [1.82, 2.24) is 5.32 Å². The molecule has 0 radical (unpaired) electrons. The summed E-state index contributed by atoms with van der Waals surface area (Å²) in [5.74, 6) is -1.55. The monoisotopic (exact) mass is 281 g/mol. The van der Waals surface area contributed by atoms with Gasteiger partial charge >= 0.3 is 11.8 Å². The summed E-state index contributed by atoms with van der Waals surface area (Å²) in [5, 5.41) is 13.3. The highest BCUT2D eigenvalue weighted by molar-refractivity contribution is 6.39. The van der Waals surface area contributed by atoms with Crippen molar-refractivity contribution in [3.05, 3.63) is 23.8 Å².